The second kappa shape index (κ2) is 7.09. The summed E-state index contributed by atoms with van der Waals surface area (Å²) in [6.07, 6.45) is 3.34. The van der Waals surface area contributed by atoms with Crippen molar-refractivity contribution in [1.82, 2.24) is 9.88 Å². The van der Waals surface area contributed by atoms with E-state index in [0.29, 0.717) is 6.54 Å². The Kier molecular flexibility index (Phi) is 5.40. The number of carbonyl (C=O) groups excluding carboxylic acids is 1. The molecule has 2 heterocycles. The predicted molar refractivity (Wildman–Crippen MR) is 84.6 cm³/mol. The van der Waals surface area contributed by atoms with Crippen molar-refractivity contribution < 1.29 is 14.3 Å². The highest BCUT2D eigenvalue weighted by molar-refractivity contribution is 5.68. The number of likely N-dealkylation sites (tertiary alicyclic amines) is 1. The Morgan fingerprint density at radius 3 is 2.82 bits per heavy atom. The molecule has 1 aromatic heterocycles. The second-order valence-corrected chi connectivity index (χ2v) is 6.72. The fraction of sp³-hybridized carbons (Fsp3) is 0.647. The standard InChI is InChI=1S/C17H26N2O3/c1-13(15-9-5-6-10-18-15)21-14-8-7-11-19(12-14)16(20)22-17(2,3)4/h5-6,9-10,13-14H,7-8,11-12H2,1-4H3/t13?,14-/m1/s1. The van der Waals surface area contributed by atoms with Crippen molar-refractivity contribution in [1.29, 1.82) is 0 Å². The number of aromatic nitrogens is 1. The topological polar surface area (TPSA) is 51.7 Å². The molecule has 2 rings (SSSR count). The molecule has 1 fully saturated rings. The van der Waals surface area contributed by atoms with Gasteiger partial charge in [0.05, 0.1) is 24.4 Å². The van der Waals surface area contributed by atoms with Crippen LogP contribution in [0.2, 0.25) is 0 Å². The minimum absolute atomic E-state index is 0.0262. The Hall–Kier alpha value is -1.62. The summed E-state index contributed by atoms with van der Waals surface area (Å²) in [4.78, 5) is 18.2. The van der Waals surface area contributed by atoms with Crippen LogP contribution in [0, 0.1) is 0 Å². The minimum Gasteiger partial charge on any atom is -0.444 e. The molecule has 0 spiro atoms. The van der Waals surface area contributed by atoms with Crippen LogP contribution in [0.15, 0.2) is 24.4 Å². The molecular weight excluding hydrogens is 280 g/mol. The number of hydrogen-bond acceptors (Lipinski definition) is 4. The third-order valence-corrected chi connectivity index (χ3v) is 3.53. The molecule has 122 valence electrons. The van der Waals surface area contributed by atoms with Crippen LogP contribution in [-0.4, -0.2) is 40.8 Å². The highest BCUT2D eigenvalue weighted by atomic mass is 16.6. The van der Waals surface area contributed by atoms with E-state index in [1.807, 2.05) is 45.9 Å². The summed E-state index contributed by atoms with van der Waals surface area (Å²) in [6, 6.07) is 5.80. The van der Waals surface area contributed by atoms with E-state index in [9.17, 15) is 4.79 Å². The van der Waals surface area contributed by atoms with Gasteiger partial charge in [-0.1, -0.05) is 6.07 Å². The summed E-state index contributed by atoms with van der Waals surface area (Å²) >= 11 is 0. The van der Waals surface area contributed by atoms with Crippen molar-refractivity contribution >= 4 is 6.09 Å². The number of pyridine rings is 1. The van der Waals surface area contributed by atoms with Crippen molar-refractivity contribution in [3.8, 4) is 0 Å². The first-order valence-corrected chi connectivity index (χ1v) is 7.89. The van der Waals surface area contributed by atoms with Gasteiger partial charge in [-0.05, 0) is 52.7 Å². The molecule has 22 heavy (non-hydrogen) atoms. The molecule has 1 saturated heterocycles. The number of nitrogens with zero attached hydrogens (tertiary/aromatic N) is 2. The molecule has 0 radical (unpaired) electrons. The van der Waals surface area contributed by atoms with Gasteiger partial charge in [0.15, 0.2) is 0 Å². The van der Waals surface area contributed by atoms with Crippen LogP contribution >= 0.6 is 0 Å². The lowest BCUT2D eigenvalue weighted by Crippen LogP contribution is -2.45. The molecule has 0 bridgehead atoms. The third kappa shape index (κ3) is 4.98. The summed E-state index contributed by atoms with van der Waals surface area (Å²) in [5.41, 5.74) is 0.448. The van der Waals surface area contributed by atoms with Gasteiger partial charge < -0.3 is 14.4 Å². The quantitative estimate of drug-likeness (QED) is 0.857. The van der Waals surface area contributed by atoms with Gasteiger partial charge in [0.25, 0.3) is 0 Å². The Morgan fingerprint density at radius 1 is 1.41 bits per heavy atom. The lowest BCUT2D eigenvalue weighted by atomic mass is 10.1. The Balaban J connectivity index is 1.89. The average Bonchev–Trinajstić information content (AvgIpc) is 2.46. The molecular formula is C17H26N2O3. The van der Waals surface area contributed by atoms with Gasteiger partial charge >= 0.3 is 6.09 Å². The van der Waals surface area contributed by atoms with E-state index < -0.39 is 5.60 Å². The first-order valence-electron chi connectivity index (χ1n) is 7.89. The van der Waals surface area contributed by atoms with E-state index in [2.05, 4.69) is 4.98 Å². The molecule has 1 aromatic rings. The maximum absolute atomic E-state index is 12.2. The minimum atomic E-state index is -0.466. The SMILES string of the molecule is CC(O[C@@H]1CCCN(C(=O)OC(C)(C)C)C1)c1ccccn1. The molecule has 1 amide bonds. The molecule has 1 aliphatic heterocycles. The van der Waals surface area contributed by atoms with E-state index >= 15 is 0 Å². The largest absolute Gasteiger partial charge is 0.444 e. The molecule has 0 aromatic carbocycles. The molecule has 5 heteroatoms. The third-order valence-electron chi connectivity index (χ3n) is 3.53. The monoisotopic (exact) mass is 306 g/mol. The summed E-state index contributed by atoms with van der Waals surface area (Å²) in [7, 11) is 0. The maximum Gasteiger partial charge on any atom is 0.410 e. The highest BCUT2D eigenvalue weighted by Gasteiger charge is 2.29. The number of ether oxygens (including phenoxy) is 2. The molecule has 0 saturated carbocycles. The lowest BCUT2D eigenvalue weighted by Gasteiger charge is -2.35. The zero-order valence-electron chi connectivity index (χ0n) is 13.9. The van der Waals surface area contributed by atoms with Crippen molar-refractivity contribution in [2.45, 2.75) is 58.3 Å². The molecule has 1 aliphatic rings. The zero-order valence-corrected chi connectivity index (χ0v) is 13.9. The Morgan fingerprint density at radius 2 is 2.18 bits per heavy atom. The van der Waals surface area contributed by atoms with E-state index in [0.717, 1.165) is 25.1 Å². The molecule has 0 N–H and O–H groups in total. The van der Waals surface area contributed by atoms with Crippen LogP contribution in [0.25, 0.3) is 0 Å². The van der Waals surface area contributed by atoms with Crippen molar-refractivity contribution in [3.05, 3.63) is 30.1 Å². The Labute approximate surface area is 132 Å². The normalized spacial score (nSPS) is 20.5. The number of rotatable bonds is 3. The van der Waals surface area contributed by atoms with Gasteiger partial charge in [0.2, 0.25) is 0 Å². The highest BCUT2D eigenvalue weighted by Crippen LogP contribution is 2.22. The fourth-order valence-corrected chi connectivity index (χ4v) is 2.52. The summed E-state index contributed by atoms with van der Waals surface area (Å²) in [5.74, 6) is 0. The van der Waals surface area contributed by atoms with Gasteiger partial charge in [-0.25, -0.2) is 4.79 Å². The van der Waals surface area contributed by atoms with Crippen molar-refractivity contribution in [3.63, 3.8) is 0 Å². The predicted octanol–water partition coefficient (Wildman–Crippen LogP) is 3.56. The van der Waals surface area contributed by atoms with Crippen molar-refractivity contribution in [2.24, 2.45) is 0 Å². The second-order valence-electron chi connectivity index (χ2n) is 6.72. The van der Waals surface area contributed by atoms with Gasteiger partial charge in [0.1, 0.15) is 5.60 Å². The Bertz CT molecular complexity index is 484. The van der Waals surface area contributed by atoms with Gasteiger partial charge in [0, 0.05) is 12.7 Å². The van der Waals surface area contributed by atoms with Crippen LogP contribution in [0.1, 0.15) is 52.3 Å². The van der Waals surface area contributed by atoms with Gasteiger partial charge in [-0.3, -0.25) is 4.98 Å². The smallest absolute Gasteiger partial charge is 0.410 e. The molecule has 5 nitrogen and oxygen atoms in total. The number of carbonyl (C=O) groups is 1. The first kappa shape index (κ1) is 16.7. The first-order chi connectivity index (χ1) is 10.3. The lowest BCUT2D eigenvalue weighted by molar-refractivity contribution is -0.0497. The van der Waals surface area contributed by atoms with E-state index in [4.69, 9.17) is 9.47 Å². The number of piperidine rings is 1. The van der Waals surface area contributed by atoms with E-state index in [1.54, 1.807) is 11.1 Å². The van der Waals surface area contributed by atoms with Crippen LogP contribution in [0.5, 0.6) is 0 Å². The van der Waals surface area contributed by atoms with E-state index in [-0.39, 0.29) is 18.3 Å². The number of amides is 1. The maximum atomic E-state index is 12.2. The molecule has 0 aliphatic carbocycles. The van der Waals surface area contributed by atoms with Gasteiger partial charge in [-0.15, -0.1) is 0 Å². The van der Waals surface area contributed by atoms with Crippen LogP contribution in [0.3, 0.4) is 0 Å². The summed E-state index contributed by atoms with van der Waals surface area (Å²) < 4.78 is 11.5. The van der Waals surface area contributed by atoms with Crippen LogP contribution < -0.4 is 0 Å². The fourth-order valence-electron chi connectivity index (χ4n) is 2.52. The van der Waals surface area contributed by atoms with Gasteiger partial charge in [-0.2, -0.15) is 0 Å². The van der Waals surface area contributed by atoms with E-state index in [1.165, 1.54) is 0 Å². The molecule has 2 atom stereocenters. The van der Waals surface area contributed by atoms with Crippen LogP contribution in [-0.2, 0) is 9.47 Å². The summed E-state index contributed by atoms with van der Waals surface area (Å²) in [5, 5.41) is 0. The number of hydrogen-bond donors (Lipinski definition) is 0. The summed E-state index contributed by atoms with van der Waals surface area (Å²) in [6.45, 7) is 8.94. The molecule has 1 unspecified atom stereocenters. The van der Waals surface area contributed by atoms with Crippen molar-refractivity contribution in [2.75, 3.05) is 13.1 Å². The van der Waals surface area contributed by atoms with Crippen LogP contribution in [0.4, 0.5) is 4.79 Å². The average molecular weight is 306 g/mol. The zero-order chi connectivity index (χ0) is 16.2.